The summed E-state index contributed by atoms with van der Waals surface area (Å²) in [5, 5.41) is 16.2. The summed E-state index contributed by atoms with van der Waals surface area (Å²) in [4.78, 5) is 16.6. The molecule has 0 fully saturated rings. The molecule has 0 spiro atoms. The van der Waals surface area contributed by atoms with Gasteiger partial charge in [-0.25, -0.2) is 8.42 Å². The molecule has 1 aromatic heterocycles. The minimum atomic E-state index is -3.46. The molecule has 2 N–H and O–H groups in total. The molecule has 0 atom stereocenters. The van der Waals surface area contributed by atoms with Gasteiger partial charge in [0.1, 0.15) is 5.75 Å². The van der Waals surface area contributed by atoms with Crippen LogP contribution in [-0.4, -0.2) is 35.3 Å². The number of aromatic nitrogens is 2. The second-order valence-corrected chi connectivity index (χ2v) is 8.04. The van der Waals surface area contributed by atoms with Crippen molar-refractivity contribution in [1.29, 1.82) is 0 Å². The predicted octanol–water partition coefficient (Wildman–Crippen LogP) is 2.80. The molecular formula is C18H17N3O5S. The Bertz CT molecular complexity index is 1090. The van der Waals surface area contributed by atoms with E-state index >= 15 is 0 Å². The van der Waals surface area contributed by atoms with Crippen molar-refractivity contribution in [2.24, 2.45) is 0 Å². The number of rotatable bonds is 5. The number of aryl methyl sites for hydroxylation is 1. The van der Waals surface area contributed by atoms with Gasteiger partial charge in [-0.1, -0.05) is 12.1 Å². The molecular weight excluding hydrogens is 370 g/mol. The zero-order valence-electron chi connectivity index (χ0n) is 14.6. The van der Waals surface area contributed by atoms with Gasteiger partial charge in [0.05, 0.1) is 16.3 Å². The monoisotopic (exact) mass is 387 g/mol. The lowest BCUT2D eigenvalue weighted by Gasteiger charge is -2.10. The van der Waals surface area contributed by atoms with Crippen LogP contribution in [0.25, 0.3) is 11.5 Å². The Kier molecular flexibility index (Phi) is 4.95. The summed E-state index contributed by atoms with van der Waals surface area (Å²) in [5.74, 6) is 0.0432. The van der Waals surface area contributed by atoms with Gasteiger partial charge in [0, 0.05) is 11.1 Å². The van der Waals surface area contributed by atoms with Crippen molar-refractivity contribution in [2.75, 3.05) is 11.1 Å². The number of amides is 1. The fraction of sp³-hybridized carbons (Fsp3) is 0.167. The molecule has 1 amide bonds. The van der Waals surface area contributed by atoms with E-state index in [1.54, 1.807) is 31.2 Å². The number of nitrogens with zero attached hydrogens (tertiary/aromatic N) is 2. The highest BCUT2D eigenvalue weighted by atomic mass is 32.2. The van der Waals surface area contributed by atoms with Gasteiger partial charge in [0.25, 0.3) is 11.8 Å². The van der Waals surface area contributed by atoms with Crippen LogP contribution >= 0.6 is 0 Å². The van der Waals surface area contributed by atoms with E-state index in [9.17, 15) is 18.3 Å². The third-order valence-electron chi connectivity index (χ3n) is 3.88. The summed E-state index contributed by atoms with van der Waals surface area (Å²) >= 11 is 0. The number of phenolic OH excluding ortho intramolecular Hbond substituents is 1. The van der Waals surface area contributed by atoms with E-state index in [4.69, 9.17) is 4.52 Å². The van der Waals surface area contributed by atoms with Crippen molar-refractivity contribution in [2.45, 2.75) is 18.7 Å². The number of phenols is 1. The first kappa shape index (κ1) is 18.6. The summed E-state index contributed by atoms with van der Waals surface area (Å²) < 4.78 is 29.0. The standard InChI is InChI=1S/C18H17N3O5S/c1-3-27(24,25)14-8-9-16(22)15(10-14)20-17(23)12-4-6-13(7-5-12)18-19-11(2)21-26-18/h4-10,22H,3H2,1-2H3,(H,20,23). The van der Waals surface area contributed by atoms with Crippen molar-refractivity contribution in [1.82, 2.24) is 10.1 Å². The lowest BCUT2D eigenvalue weighted by molar-refractivity contribution is 0.102. The summed E-state index contributed by atoms with van der Waals surface area (Å²) in [6.07, 6.45) is 0. The maximum Gasteiger partial charge on any atom is 0.257 e. The van der Waals surface area contributed by atoms with E-state index in [2.05, 4.69) is 15.5 Å². The number of hydrogen-bond acceptors (Lipinski definition) is 7. The quantitative estimate of drug-likeness (QED) is 0.645. The van der Waals surface area contributed by atoms with Gasteiger partial charge in [-0.05, 0) is 49.4 Å². The topological polar surface area (TPSA) is 122 Å². The molecule has 2 aromatic carbocycles. The van der Waals surface area contributed by atoms with Gasteiger partial charge in [-0.3, -0.25) is 4.79 Å². The molecule has 0 bridgehead atoms. The highest BCUT2D eigenvalue weighted by molar-refractivity contribution is 7.91. The molecule has 1 heterocycles. The average molecular weight is 387 g/mol. The molecule has 140 valence electrons. The molecule has 0 unspecified atom stereocenters. The lowest BCUT2D eigenvalue weighted by atomic mass is 10.1. The summed E-state index contributed by atoms with van der Waals surface area (Å²) in [7, 11) is -3.46. The van der Waals surface area contributed by atoms with E-state index in [0.29, 0.717) is 22.8 Å². The molecule has 0 aliphatic rings. The molecule has 0 saturated heterocycles. The molecule has 0 saturated carbocycles. The second kappa shape index (κ2) is 7.20. The van der Waals surface area contributed by atoms with E-state index in [1.807, 2.05) is 0 Å². The van der Waals surface area contributed by atoms with E-state index in [1.165, 1.54) is 25.1 Å². The van der Waals surface area contributed by atoms with Crippen molar-refractivity contribution >= 4 is 21.4 Å². The second-order valence-electron chi connectivity index (χ2n) is 5.76. The highest BCUT2D eigenvalue weighted by Gasteiger charge is 2.16. The van der Waals surface area contributed by atoms with Gasteiger partial charge in [-0.2, -0.15) is 4.98 Å². The van der Waals surface area contributed by atoms with Gasteiger partial charge in [0.15, 0.2) is 15.7 Å². The lowest BCUT2D eigenvalue weighted by Crippen LogP contribution is -2.13. The predicted molar refractivity (Wildman–Crippen MR) is 98.3 cm³/mol. The fourth-order valence-electron chi connectivity index (χ4n) is 2.35. The first-order valence-corrected chi connectivity index (χ1v) is 9.73. The largest absolute Gasteiger partial charge is 0.506 e. The number of benzene rings is 2. The van der Waals surface area contributed by atoms with Gasteiger partial charge in [0.2, 0.25) is 0 Å². The third kappa shape index (κ3) is 3.98. The Hall–Kier alpha value is -3.20. The maximum absolute atomic E-state index is 12.4. The van der Waals surface area contributed by atoms with Crippen LogP contribution in [0.1, 0.15) is 23.1 Å². The molecule has 8 nitrogen and oxygen atoms in total. The normalized spacial score (nSPS) is 11.3. The molecule has 3 rings (SSSR count). The van der Waals surface area contributed by atoms with Crippen LogP contribution in [-0.2, 0) is 9.84 Å². The first-order valence-electron chi connectivity index (χ1n) is 8.08. The van der Waals surface area contributed by atoms with Crippen molar-refractivity contribution in [3.8, 4) is 17.2 Å². The molecule has 0 aliphatic heterocycles. The van der Waals surface area contributed by atoms with Crippen LogP contribution in [0.15, 0.2) is 51.9 Å². The molecule has 9 heteroatoms. The summed E-state index contributed by atoms with van der Waals surface area (Å²) in [6, 6.07) is 10.2. The number of anilines is 1. The molecule has 0 radical (unpaired) electrons. The highest BCUT2D eigenvalue weighted by Crippen LogP contribution is 2.27. The molecule has 0 aliphatic carbocycles. The Balaban J connectivity index is 1.82. The van der Waals surface area contributed by atoms with Crippen LogP contribution < -0.4 is 5.32 Å². The van der Waals surface area contributed by atoms with Crippen LogP contribution in [0.4, 0.5) is 5.69 Å². The zero-order chi connectivity index (χ0) is 19.6. The smallest absolute Gasteiger partial charge is 0.257 e. The minimum absolute atomic E-state index is 0.0196. The van der Waals surface area contributed by atoms with Crippen molar-refractivity contribution < 1.29 is 22.8 Å². The minimum Gasteiger partial charge on any atom is -0.506 e. The van der Waals surface area contributed by atoms with Crippen LogP contribution in [0, 0.1) is 6.92 Å². The Morgan fingerprint density at radius 2 is 1.89 bits per heavy atom. The number of hydrogen-bond donors (Lipinski definition) is 2. The van der Waals surface area contributed by atoms with Gasteiger partial charge < -0.3 is 14.9 Å². The molecule has 3 aromatic rings. The number of aromatic hydroxyl groups is 1. The third-order valence-corrected chi connectivity index (χ3v) is 5.61. The van der Waals surface area contributed by atoms with Crippen LogP contribution in [0.2, 0.25) is 0 Å². The SMILES string of the molecule is CCS(=O)(=O)c1ccc(O)c(NC(=O)c2ccc(-c3nc(C)no3)cc2)c1. The summed E-state index contributed by atoms with van der Waals surface area (Å²) in [5.41, 5.74) is 0.996. The Morgan fingerprint density at radius 3 is 2.48 bits per heavy atom. The van der Waals surface area contributed by atoms with Gasteiger partial charge in [-0.15, -0.1) is 0 Å². The van der Waals surface area contributed by atoms with Crippen LogP contribution in [0.3, 0.4) is 0 Å². The number of sulfone groups is 1. The van der Waals surface area contributed by atoms with Crippen LogP contribution in [0.5, 0.6) is 5.75 Å². The Labute approximate surface area is 155 Å². The number of carbonyl (C=O) groups excluding carboxylic acids is 1. The van der Waals surface area contributed by atoms with Gasteiger partial charge >= 0.3 is 0 Å². The molecule has 27 heavy (non-hydrogen) atoms. The fourth-order valence-corrected chi connectivity index (χ4v) is 3.25. The van der Waals surface area contributed by atoms with E-state index in [-0.39, 0.29) is 22.1 Å². The maximum atomic E-state index is 12.4. The number of carbonyl (C=O) groups is 1. The van der Waals surface area contributed by atoms with E-state index < -0.39 is 15.7 Å². The Morgan fingerprint density at radius 1 is 1.19 bits per heavy atom. The zero-order valence-corrected chi connectivity index (χ0v) is 15.4. The van der Waals surface area contributed by atoms with Crippen molar-refractivity contribution in [3.63, 3.8) is 0 Å². The summed E-state index contributed by atoms with van der Waals surface area (Å²) in [6.45, 7) is 3.22. The van der Waals surface area contributed by atoms with Crippen molar-refractivity contribution in [3.05, 3.63) is 53.9 Å². The number of nitrogens with one attached hydrogen (secondary N) is 1. The average Bonchev–Trinajstić information content (AvgIpc) is 3.10. The first-order chi connectivity index (χ1) is 12.8. The van der Waals surface area contributed by atoms with E-state index in [0.717, 1.165) is 0 Å².